The normalized spacial score (nSPS) is 17.4. The van der Waals surface area contributed by atoms with Gasteiger partial charge in [0.2, 0.25) is 5.91 Å². The van der Waals surface area contributed by atoms with Crippen molar-refractivity contribution in [3.8, 4) is 0 Å². The molecule has 1 saturated heterocycles. The van der Waals surface area contributed by atoms with E-state index in [1.54, 1.807) is 12.4 Å². The molecule has 1 aliphatic heterocycles. The number of amides is 1. The van der Waals surface area contributed by atoms with Gasteiger partial charge in [0.1, 0.15) is 0 Å². The molecule has 25 heavy (non-hydrogen) atoms. The van der Waals surface area contributed by atoms with Crippen LogP contribution in [0.1, 0.15) is 42.4 Å². The highest BCUT2D eigenvalue weighted by Gasteiger charge is 2.31. The van der Waals surface area contributed by atoms with Crippen LogP contribution in [0.2, 0.25) is 0 Å². The molecule has 0 N–H and O–H groups in total. The van der Waals surface area contributed by atoms with Crippen LogP contribution in [0.4, 0.5) is 0 Å². The fraction of sp³-hybridized carbons (Fsp3) is 0.556. The Bertz CT molecular complexity index is 726. The quantitative estimate of drug-likeness (QED) is 0.801. The van der Waals surface area contributed by atoms with E-state index < -0.39 is 0 Å². The second-order valence-electron chi connectivity index (χ2n) is 6.89. The van der Waals surface area contributed by atoms with Gasteiger partial charge in [-0.05, 0) is 39.9 Å². The largest absolute Gasteiger partial charge is 0.334 e. The van der Waals surface area contributed by atoms with Crippen LogP contribution in [-0.4, -0.2) is 56.1 Å². The molecule has 134 valence electrons. The van der Waals surface area contributed by atoms with Crippen molar-refractivity contribution in [2.75, 3.05) is 20.6 Å². The summed E-state index contributed by atoms with van der Waals surface area (Å²) < 4.78 is 1.83. The van der Waals surface area contributed by atoms with Crippen molar-refractivity contribution < 1.29 is 4.79 Å². The van der Waals surface area contributed by atoms with Gasteiger partial charge < -0.3 is 9.80 Å². The molecule has 0 bridgehead atoms. The maximum absolute atomic E-state index is 12.7. The third-order valence-corrected chi connectivity index (χ3v) is 4.42. The number of aromatic nitrogens is 4. The van der Waals surface area contributed by atoms with Gasteiger partial charge in [-0.1, -0.05) is 0 Å². The Hall–Kier alpha value is -2.28. The zero-order chi connectivity index (χ0) is 17.8. The molecule has 1 atom stereocenters. The topological polar surface area (TPSA) is 67.2 Å². The number of rotatable bonds is 6. The van der Waals surface area contributed by atoms with Gasteiger partial charge in [-0.2, -0.15) is 5.10 Å². The molecule has 0 saturated carbocycles. The molecule has 1 amide bonds. The van der Waals surface area contributed by atoms with Gasteiger partial charge in [0.15, 0.2) is 0 Å². The molecule has 0 aliphatic carbocycles. The van der Waals surface area contributed by atoms with E-state index in [1.807, 2.05) is 42.9 Å². The van der Waals surface area contributed by atoms with Crippen molar-refractivity contribution in [1.82, 2.24) is 29.5 Å². The van der Waals surface area contributed by atoms with E-state index >= 15 is 0 Å². The molecular formula is C18H26N6O. The second-order valence-corrected chi connectivity index (χ2v) is 6.89. The highest BCUT2D eigenvalue weighted by Crippen LogP contribution is 2.31. The predicted octanol–water partition coefficient (Wildman–Crippen LogP) is 1.80. The predicted molar refractivity (Wildman–Crippen MR) is 94.7 cm³/mol. The number of hydrogen-bond acceptors (Lipinski definition) is 5. The molecule has 1 aliphatic rings. The number of carbonyl (C=O) groups excluding carboxylic acids is 1. The maximum atomic E-state index is 12.7. The number of likely N-dealkylation sites (tertiary alicyclic amines) is 1. The molecule has 0 radical (unpaired) electrons. The van der Waals surface area contributed by atoms with Crippen LogP contribution in [0.15, 0.2) is 24.7 Å². The first-order chi connectivity index (χ1) is 12.0. The number of hydrogen-bond donors (Lipinski definition) is 0. The molecule has 3 rings (SSSR count). The lowest BCUT2D eigenvalue weighted by molar-refractivity contribution is -0.132. The summed E-state index contributed by atoms with van der Waals surface area (Å²) in [5.41, 5.74) is 2.81. The van der Waals surface area contributed by atoms with Crippen molar-refractivity contribution in [2.45, 2.75) is 45.3 Å². The van der Waals surface area contributed by atoms with Crippen molar-refractivity contribution in [2.24, 2.45) is 0 Å². The Balaban J connectivity index is 1.66. The van der Waals surface area contributed by atoms with E-state index in [-0.39, 0.29) is 11.9 Å². The van der Waals surface area contributed by atoms with Crippen LogP contribution >= 0.6 is 0 Å². The highest BCUT2D eigenvalue weighted by atomic mass is 16.2. The van der Waals surface area contributed by atoms with Crippen molar-refractivity contribution in [3.05, 3.63) is 41.7 Å². The molecule has 7 heteroatoms. The van der Waals surface area contributed by atoms with E-state index in [0.717, 1.165) is 43.0 Å². The average Bonchev–Trinajstić information content (AvgIpc) is 3.21. The fourth-order valence-corrected chi connectivity index (χ4v) is 3.30. The SMILES string of the molecule is Cc1ccn(CCC(=O)N2CCC[C@H]2c2cncc(CN(C)C)n2)n1. The molecule has 2 aromatic heterocycles. The zero-order valence-electron chi connectivity index (χ0n) is 15.2. The summed E-state index contributed by atoms with van der Waals surface area (Å²) in [7, 11) is 4.02. The van der Waals surface area contributed by atoms with E-state index in [9.17, 15) is 4.79 Å². The first-order valence-corrected chi connectivity index (χ1v) is 8.78. The third kappa shape index (κ3) is 4.42. The second kappa shape index (κ2) is 7.74. The molecule has 0 aromatic carbocycles. The van der Waals surface area contributed by atoms with Crippen molar-refractivity contribution in [3.63, 3.8) is 0 Å². The minimum Gasteiger partial charge on any atom is -0.334 e. The minimum absolute atomic E-state index is 0.0430. The van der Waals surface area contributed by atoms with Gasteiger partial charge in [0.05, 0.1) is 29.3 Å². The Labute approximate surface area is 148 Å². The van der Waals surface area contributed by atoms with Gasteiger partial charge in [0, 0.05) is 38.4 Å². The van der Waals surface area contributed by atoms with E-state index in [1.165, 1.54) is 0 Å². The Morgan fingerprint density at radius 2 is 2.20 bits per heavy atom. The molecule has 2 aromatic rings. The molecule has 0 unspecified atom stereocenters. The fourth-order valence-electron chi connectivity index (χ4n) is 3.30. The minimum atomic E-state index is 0.0430. The lowest BCUT2D eigenvalue weighted by Gasteiger charge is -2.24. The standard InChI is InChI=1S/C18H26N6O/c1-14-6-9-23(21-14)10-7-18(25)24-8-4-5-17(24)16-12-19-11-15(20-16)13-22(2)3/h6,9,11-12,17H,4-5,7-8,10,13H2,1-3H3/t17-/m0/s1. The molecule has 0 spiro atoms. The van der Waals surface area contributed by atoms with Crippen LogP contribution in [0, 0.1) is 6.92 Å². The average molecular weight is 342 g/mol. The van der Waals surface area contributed by atoms with Crippen molar-refractivity contribution in [1.29, 1.82) is 0 Å². The van der Waals surface area contributed by atoms with E-state index in [2.05, 4.69) is 15.0 Å². The van der Waals surface area contributed by atoms with Crippen LogP contribution < -0.4 is 0 Å². The van der Waals surface area contributed by atoms with Crippen LogP contribution in [0.25, 0.3) is 0 Å². The first-order valence-electron chi connectivity index (χ1n) is 8.78. The summed E-state index contributed by atoms with van der Waals surface area (Å²) in [5.74, 6) is 0.162. The molecular weight excluding hydrogens is 316 g/mol. The van der Waals surface area contributed by atoms with E-state index in [0.29, 0.717) is 13.0 Å². The summed E-state index contributed by atoms with van der Waals surface area (Å²) in [6, 6.07) is 2.00. The first kappa shape index (κ1) is 17.5. The van der Waals surface area contributed by atoms with Crippen LogP contribution in [-0.2, 0) is 17.9 Å². The number of carbonyl (C=O) groups is 1. The number of aryl methyl sites for hydroxylation is 2. The van der Waals surface area contributed by atoms with Gasteiger partial charge in [-0.15, -0.1) is 0 Å². The summed E-state index contributed by atoms with van der Waals surface area (Å²) in [5, 5.41) is 4.34. The molecule has 3 heterocycles. The highest BCUT2D eigenvalue weighted by molar-refractivity contribution is 5.76. The molecule has 7 nitrogen and oxygen atoms in total. The Morgan fingerprint density at radius 1 is 1.36 bits per heavy atom. The Morgan fingerprint density at radius 3 is 2.92 bits per heavy atom. The zero-order valence-corrected chi connectivity index (χ0v) is 15.2. The summed E-state index contributed by atoms with van der Waals surface area (Å²) in [4.78, 5) is 25.8. The number of nitrogens with zero attached hydrogens (tertiary/aromatic N) is 6. The van der Waals surface area contributed by atoms with Gasteiger partial charge in [-0.25, -0.2) is 0 Å². The summed E-state index contributed by atoms with van der Waals surface area (Å²) >= 11 is 0. The van der Waals surface area contributed by atoms with Gasteiger partial charge in [0.25, 0.3) is 0 Å². The smallest absolute Gasteiger partial charge is 0.225 e. The van der Waals surface area contributed by atoms with Gasteiger partial charge in [-0.3, -0.25) is 19.4 Å². The lowest BCUT2D eigenvalue weighted by Crippen LogP contribution is -2.32. The Kier molecular flexibility index (Phi) is 5.43. The van der Waals surface area contributed by atoms with Crippen LogP contribution in [0.5, 0.6) is 0 Å². The third-order valence-electron chi connectivity index (χ3n) is 4.42. The van der Waals surface area contributed by atoms with E-state index in [4.69, 9.17) is 4.98 Å². The maximum Gasteiger partial charge on any atom is 0.225 e. The summed E-state index contributed by atoms with van der Waals surface area (Å²) in [6.07, 6.45) is 7.93. The van der Waals surface area contributed by atoms with Gasteiger partial charge >= 0.3 is 0 Å². The lowest BCUT2D eigenvalue weighted by atomic mass is 10.1. The van der Waals surface area contributed by atoms with Crippen LogP contribution in [0.3, 0.4) is 0 Å². The van der Waals surface area contributed by atoms with Crippen molar-refractivity contribution >= 4 is 5.91 Å². The monoisotopic (exact) mass is 342 g/mol. The summed E-state index contributed by atoms with van der Waals surface area (Å²) in [6.45, 7) is 4.11. The molecule has 1 fully saturated rings.